The van der Waals surface area contributed by atoms with Gasteiger partial charge in [-0.1, -0.05) is 92.3 Å². The minimum absolute atomic E-state index is 0. The maximum Gasteiger partial charge on any atom is 3.00 e. The van der Waals surface area contributed by atoms with Crippen LogP contribution in [0.4, 0.5) is 0 Å². The summed E-state index contributed by atoms with van der Waals surface area (Å²) in [6.07, 6.45) is 16.5. The van der Waals surface area contributed by atoms with E-state index in [2.05, 4.69) is 20.8 Å². The molecule has 0 aliphatic rings. The van der Waals surface area contributed by atoms with E-state index in [4.69, 9.17) is 0 Å². The van der Waals surface area contributed by atoms with Crippen molar-refractivity contribution in [1.29, 1.82) is 0 Å². The summed E-state index contributed by atoms with van der Waals surface area (Å²) in [5, 5.41) is 0. The largest absolute Gasteiger partial charge is 3.00 e. The van der Waals surface area contributed by atoms with Gasteiger partial charge in [0.25, 0.3) is 0 Å². The fourth-order valence-corrected chi connectivity index (χ4v) is 4.10. The maximum atomic E-state index is 10.4. The van der Waals surface area contributed by atoms with Gasteiger partial charge in [-0.05, 0) is 59.3 Å². The van der Waals surface area contributed by atoms with Gasteiger partial charge in [0.2, 0.25) is 0 Å². The molecule has 0 radical (unpaired) electrons. The van der Waals surface area contributed by atoms with Crippen LogP contribution in [-0.4, -0.2) is 17.0 Å². The standard InChI is InChI=1S/3C8H17O2P.Co/c3*1-3-4-5-6-7-8(2)11(9)10;/h3*8H,3-7H2,1-2H3;/q;;;+3. The molecule has 0 fully saturated rings. The Balaban J connectivity index is -0.000000196. The van der Waals surface area contributed by atoms with Crippen LogP contribution in [0.5, 0.6) is 0 Å². The Hall–Kier alpha value is 0.686. The third-order valence-corrected chi connectivity index (χ3v) is 8.44. The fraction of sp³-hybridized carbons (Fsp3) is 1.00. The molecule has 10 heteroatoms. The van der Waals surface area contributed by atoms with E-state index in [1.54, 1.807) is 20.8 Å². The molecule has 0 aromatic heterocycles. The van der Waals surface area contributed by atoms with E-state index in [1.165, 1.54) is 57.8 Å². The third-order valence-electron chi connectivity index (χ3n) is 5.51. The van der Waals surface area contributed by atoms with Crippen molar-refractivity contribution in [3.05, 3.63) is 0 Å². The van der Waals surface area contributed by atoms with E-state index in [-0.39, 0.29) is 33.8 Å². The summed E-state index contributed by atoms with van der Waals surface area (Å²) in [4.78, 5) is 31.2. The molecular formula is C24H51CoO6P3+3. The van der Waals surface area contributed by atoms with Crippen LogP contribution in [0.25, 0.3) is 0 Å². The first-order valence-corrected chi connectivity index (χ1v) is 16.7. The number of unbranched alkanes of at least 4 members (excludes halogenated alkanes) is 9. The molecule has 0 aliphatic heterocycles. The molecule has 0 saturated heterocycles. The Morgan fingerprint density at radius 3 is 0.824 bits per heavy atom. The van der Waals surface area contributed by atoms with Gasteiger partial charge in [-0.2, -0.15) is 0 Å². The second kappa shape index (κ2) is 31.7. The Morgan fingerprint density at radius 1 is 0.471 bits per heavy atom. The van der Waals surface area contributed by atoms with Gasteiger partial charge >= 0.3 is 40.9 Å². The predicted octanol–water partition coefficient (Wildman–Crippen LogP) is 7.34. The van der Waals surface area contributed by atoms with Crippen molar-refractivity contribution < 1.29 is 45.2 Å². The molecule has 0 aromatic carbocycles. The number of hydrogen-bond acceptors (Lipinski definition) is 6. The van der Waals surface area contributed by atoms with Crippen molar-refractivity contribution in [2.24, 2.45) is 0 Å². The number of rotatable bonds is 18. The molecule has 0 heterocycles. The second-order valence-corrected chi connectivity index (χ2v) is 13.3. The molecule has 0 rings (SSSR count). The molecule has 0 saturated carbocycles. The van der Waals surface area contributed by atoms with E-state index >= 15 is 0 Å². The van der Waals surface area contributed by atoms with Crippen molar-refractivity contribution in [2.45, 2.75) is 155 Å². The van der Waals surface area contributed by atoms with Gasteiger partial charge in [-0.15, -0.1) is 0 Å². The minimum Gasteiger partial charge on any atom is -0.595 e. The van der Waals surface area contributed by atoms with Gasteiger partial charge in [0.15, 0.2) is 0 Å². The predicted molar refractivity (Wildman–Crippen MR) is 137 cm³/mol. The summed E-state index contributed by atoms with van der Waals surface area (Å²) in [5.74, 6) is 0. The molecular weight excluding hydrogens is 536 g/mol. The Bertz CT molecular complexity index is 417. The zero-order valence-electron chi connectivity index (χ0n) is 22.5. The van der Waals surface area contributed by atoms with Gasteiger partial charge in [0.1, 0.15) is 17.0 Å². The quantitative estimate of drug-likeness (QED) is 0.122. The van der Waals surface area contributed by atoms with Gasteiger partial charge in [-0.3, -0.25) is 0 Å². The average Bonchev–Trinajstić information content (AvgIpc) is 2.77. The fourth-order valence-electron chi connectivity index (χ4n) is 2.92. The summed E-state index contributed by atoms with van der Waals surface area (Å²) < 4.78 is 31.2. The smallest absolute Gasteiger partial charge is 0.595 e. The van der Waals surface area contributed by atoms with Gasteiger partial charge in [0, 0.05) is 0 Å². The molecule has 6 unspecified atom stereocenters. The topological polar surface area (TPSA) is 120 Å². The molecule has 204 valence electrons. The van der Waals surface area contributed by atoms with Crippen molar-refractivity contribution in [1.82, 2.24) is 0 Å². The van der Waals surface area contributed by atoms with Gasteiger partial charge < -0.3 is 14.7 Å². The van der Waals surface area contributed by atoms with Gasteiger partial charge in [0.05, 0.1) is 0 Å². The Morgan fingerprint density at radius 2 is 0.676 bits per heavy atom. The van der Waals surface area contributed by atoms with Crippen LogP contribution >= 0.6 is 24.1 Å². The minimum atomic E-state index is -2.18. The molecule has 0 spiro atoms. The zero-order valence-corrected chi connectivity index (χ0v) is 26.2. The van der Waals surface area contributed by atoms with E-state index < -0.39 is 24.1 Å². The van der Waals surface area contributed by atoms with E-state index in [0.717, 1.165) is 38.5 Å². The summed E-state index contributed by atoms with van der Waals surface area (Å²) >= 11 is 0. The van der Waals surface area contributed by atoms with Crippen molar-refractivity contribution >= 4 is 24.1 Å². The van der Waals surface area contributed by atoms with Crippen LogP contribution in [0.3, 0.4) is 0 Å². The van der Waals surface area contributed by atoms with Crippen LogP contribution < -0.4 is 14.7 Å². The molecule has 0 aliphatic carbocycles. The molecule has 0 amide bonds. The first-order valence-electron chi connectivity index (χ1n) is 12.9. The first-order chi connectivity index (χ1) is 15.5. The summed E-state index contributed by atoms with van der Waals surface area (Å²) in [5.41, 5.74) is -0.370. The van der Waals surface area contributed by atoms with Crippen molar-refractivity contribution in [3.63, 3.8) is 0 Å². The summed E-state index contributed by atoms with van der Waals surface area (Å²) in [6.45, 7) is 11.8. The monoisotopic (exact) mass is 587 g/mol. The molecule has 0 aromatic rings. The Labute approximate surface area is 223 Å². The molecule has 6 atom stereocenters. The third kappa shape index (κ3) is 34.9. The summed E-state index contributed by atoms with van der Waals surface area (Å²) in [7, 11) is -6.55. The molecule has 6 nitrogen and oxygen atoms in total. The van der Waals surface area contributed by atoms with Crippen molar-refractivity contribution in [2.75, 3.05) is 0 Å². The van der Waals surface area contributed by atoms with Crippen LogP contribution in [0.15, 0.2) is 0 Å². The van der Waals surface area contributed by atoms with Gasteiger partial charge in [-0.25, -0.2) is 0 Å². The molecule has 0 bridgehead atoms. The first kappa shape index (κ1) is 41.8. The van der Waals surface area contributed by atoms with E-state index in [1.807, 2.05) is 0 Å². The van der Waals surface area contributed by atoms with E-state index in [9.17, 15) is 28.4 Å². The SMILES string of the molecule is CCCCCCC(C)[P+](=O)[O-].CCCCCCC(C)[P+](=O)[O-].CCCCCCC(C)[P+](=O)[O-].[Co+3]. The molecule has 34 heavy (non-hydrogen) atoms. The van der Waals surface area contributed by atoms with Crippen LogP contribution in [0.1, 0.15) is 138 Å². The number of hydrogen-bond donors (Lipinski definition) is 0. The van der Waals surface area contributed by atoms with E-state index in [0.29, 0.717) is 0 Å². The summed E-state index contributed by atoms with van der Waals surface area (Å²) in [6, 6.07) is 0. The Kier molecular flexibility index (Phi) is 39.0. The van der Waals surface area contributed by atoms with Crippen LogP contribution in [0, 0.1) is 0 Å². The zero-order chi connectivity index (χ0) is 26.1. The average molecular weight is 588 g/mol. The molecule has 0 N–H and O–H groups in total. The normalized spacial score (nSPS) is 14.2. The van der Waals surface area contributed by atoms with Crippen LogP contribution in [-0.2, 0) is 30.5 Å². The second-order valence-electron chi connectivity index (χ2n) is 8.95. The van der Waals surface area contributed by atoms with Crippen LogP contribution in [0.2, 0.25) is 0 Å². The maximum absolute atomic E-state index is 10.4. The van der Waals surface area contributed by atoms with Crippen molar-refractivity contribution in [3.8, 4) is 0 Å².